The van der Waals surface area contributed by atoms with Crippen LogP contribution in [0.25, 0.3) is 22.0 Å². The van der Waals surface area contributed by atoms with Gasteiger partial charge in [0, 0.05) is 41.6 Å². The molecule has 0 saturated heterocycles. The Kier molecular flexibility index (Phi) is 6.66. The van der Waals surface area contributed by atoms with Crippen LogP contribution in [0.4, 0.5) is 0 Å². The van der Waals surface area contributed by atoms with Crippen molar-refractivity contribution in [3.63, 3.8) is 0 Å². The molecule has 3 heterocycles. The van der Waals surface area contributed by atoms with E-state index >= 15 is 0 Å². The maximum atomic E-state index is 12.8. The van der Waals surface area contributed by atoms with Crippen molar-refractivity contribution >= 4 is 17.2 Å². The van der Waals surface area contributed by atoms with E-state index in [0.717, 1.165) is 45.5 Å². The number of aromatic nitrogens is 3. The van der Waals surface area contributed by atoms with Gasteiger partial charge in [0.25, 0.3) is 5.91 Å². The molecule has 31 heavy (non-hydrogen) atoms. The number of rotatable bonds is 7. The highest BCUT2D eigenvalue weighted by atomic mass is 32.1. The quantitative estimate of drug-likeness (QED) is 0.479. The Balaban J connectivity index is 1.70. The smallest absolute Gasteiger partial charge is 0.253 e. The fourth-order valence-electron chi connectivity index (χ4n) is 4.33. The molecule has 1 amide bonds. The Labute approximate surface area is 188 Å². The number of hydrogen-bond acceptors (Lipinski definition) is 4. The number of pyridine rings is 1. The molecule has 0 spiro atoms. The minimum absolute atomic E-state index is 0.0563. The van der Waals surface area contributed by atoms with E-state index in [-0.39, 0.29) is 5.91 Å². The van der Waals surface area contributed by atoms with Gasteiger partial charge in [-0.05, 0) is 50.8 Å². The molecule has 1 aliphatic rings. The maximum absolute atomic E-state index is 12.8. The summed E-state index contributed by atoms with van der Waals surface area (Å²) in [7, 11) is 0. The second-order valence-corrected chi connectivity index (χ2v) is 9.23. The fraction of sp³-hybridized carbons (Fsp3) is 0.400. The van der Waals surface area contributed by atoms with Gasteiger partial charge in [0.05, 0.1) is 17.0 Å². The van der Waals surface area contributed by atoms with E-state index in [1.165, 1.54) is 32.1 Å². The van der Waals surface area contributed by atoms with Crippen LogP contribution in [0.3, 0.4) is 0 Å². The molecule has 0 radical (unpaired) electrons. The molecule has 162 valence electrons. The summed E-state index contributed by atoms with van der Waals surface area (Å²) in [6.45, 7) is 9.13. The van der Waals surface area contributed by atoms with Crippen LogP contribution in [0.2, 0.25) is 0 Å². The lowest BCUT2D eigenvalue weighted by atomic mass is 9.89. The van der Waals surface area contributed by atoms with Gasteiger partial charge in [-0.15, -0.1) is 17.9 Å². The van der Waals surface area contributed by atoms with Crippen molar-refractivity contribution in [2.24, 2.45) is 5.92 Å². The van der Waals surface area contributed by atoms with Gasteiger partial charge < -0.3 is 9.88 Å². The summed E-state index contributed by atoms with van der Waals surface area (Å²) in [4.78, 5) is 22.1. The van der Waals surface area contributed by atoms with E-state index in [1.807, 2.05) is 32.2 Å². The molecule has 0 aliphatic heterocycles. The number of carbonyl (C=O) groups excluding carboxylic acids is 1. The molecule has 6 heteroatoms. The van der Waals surface area contributed by atoms with E-state index < -0.39 is 0 Å². The largest absolute Gasteiger partial charge is 0.349 e. The third-order valence-corrected chi connectivity index (χ3v) is 7.00. The Morgan fingerprint density at radius 3 is 2.81 bits per heavy atom. The molecule has 3 aromatic heterocycles. The zero-order chi connectivity index (χ0) is 21.8. The second-order valence-electron chi connectivity index (χ2n) is 8.37. The molecule has 0 aromatic carbocycles. The van der Waals surface area contributed by atoms with Gasteiger partial charge in [0.2, 0.25) is 0 Å². The molecular weight excluding hydrogens is 404 g/mol. The highest BCUT2D eigenvalue weighted by Gasteiger charge is 2.23. The Morgan fingerprint density at radius 1 is 1.29 bits per heavy atom. The average Bonchev–Trinajstić information content (AvgIpc) is 3.39. The summed E-state index contributed by atoms with van der Waals surface area (Å²) in [5.41, 5.74) is 5.69. The first kappa shape index (κ1) is 21.5. The summed E-state index contributed by atoms with van der Waals surface area (Å²) >= 11 is 1.62. The van der Waals surface area contributed by atoms with Crippen LogP contribution in [0.15, 0.2) is 42.4 Å². The Hall–Kier alpha value is -2.73. The predicted octanol–water partition coefficient (Wildman–Crippen LogP) is 5.79. The van der Waals surface area contributed by atoms with E-state index in [9.17, 15) is 4.79 Å². The molecule has 3 aromatic rings. The molecule has 4 rings (SSSR count). The predicted molar refractivity (Wildman–Crippen MR) is 127 cm³/mol. The van der Waals surface area contributed by atoms with Gasteiger partial charge in [0.1, 0.15) is 5.01 Å². The van der Waals surface area contributed by atoms with Crippen molar-refractivity contribution < 1.29 is 4.79 Å². The van der Waals surface area contributed by atoms with Gasteiger partial charge in [-0.1, -0.05) is 25.3 Å². The lowest BCUT2D eigenvalue weighted by Gasteiger charge is -2.24. The summed E-state index contributed by atoms with van der Waals surface area (Å²) in [5.74, 6) is 0.598. The minimum atomic E-state index is -0.0563. The Bertz CT molecular complexity index is 1060. The van der Waals surface area contributed by atoms with Gasteiger partial charge in [-0.25, -0.2) is 4.98 Å². The number of nitrogens with one attached hydrogen (secondary N) is 1. The van der Waals surface area contributed by atoms with Crippen LogP contribution >= 0.6 is 11.3 Å². The minimum Gasteiger partial charge on any atom is -0.349 e. The molecule has 1 fully saturated rings. The topological polar surface area (TPSA) is 59.8 Å². The first-order chi connectivity index (χ1) is 15.1. The van der Waals surface area contributed by atoms with Crippen molar-refractivity contribution in [2.45, 2.75) is 52.5 Å². The highest BCUT2D eigenvalue weighted by Crippen LogP contribution is 2.33. The monoisotopic (exact) mass is 434 g/mol. The van der Waals surface area contributed by atoms with E-state index in [4.69, 9.17) is 4.98 Å². The van der Waals surface area contributed by atoms with Gasteiger partial charge in [-0.2, -0.15) is 0 Å². The third-order valence-electron chi connectivity index (χ3n) is 6.11. The van der Waals surface area contributed by atoms with Crippen LogP contribution in [0.1, 0.15) is 53.8 Å². The van der Waals surface area contributed by atoms with Gasteiger partial charge >= 0.3 is 0 Å². The first-order valence-corrected chi connectivity index (χ1v) is 11.9. The average molecular weight is 435 g/mol. The molecule has 1 aliphatic carbocycles. The normalized spacial score (nSPS) is 14.5. The first-order valence-electron chi connectivity index (χ1n) is 11.0. The molecule has 0 atom stereocenters. The number of nitrogens with zero attached hydrogens (tertiary/aromatic N) is 3. The van der Waals surface area contributed by atoms with Crippen LogP contribution < -0.4 is 5.32 Å². The SMILES string of the molecule is C=CCNC(=O)c1cc(-c2csc(-c3ccc(C)nc3)n2)n(CC2CCCCC2)c1C. The van der Waals surface area contributed by atoms with Crippen molar-refractivity contribution in [2.75, 3.05) is 6.54 Å². The number of carbonyl (C=O) groups is 1. The number of hydrogen-bond donors (Lipinski definition) is 1. The molecule has 1 N–H and O–H groups in total. The molecule has 1 saturated carbocycles. The van der Waals surface area contributed by atoms with Crippen LogP contribution in [-0.4, -0.2) is 27.0 Å². The zero-order valence-electron chi connectivity index (χ0n) is 18.4. The van der Waals surface area contributed by atoms with E-state index in [1.54, 1.807) is 17.4 Å². The third kappa shape index (κ3) is 4.79. The zero-order valence-corrected chi connectivity index (χ0v) is 19.2. The second kappa shape index (κ2) is 9.60. The number of aryl methyl sites for hydroxylation is 1. The van der Waals surface area contributed by atoms with Gasteiger partial charge in [-0.3, -0.25) is 9.78 Å². The number of amides is 1. The van der Waals surface area contributed by atoms with Crippen LogP contribution in [-0.2, 0) is 6.54 Å². The van der Waals surface area contributed by atoms with Crippen LogP contribution in [0.5, 0.6) is 0 Å². The maximum Gasteiger partial charge on any atom is 0.253 e. The molecular formula is C25H30N4OS. The lowest BCUT2D eigenvalue weighted by molar-refractivity contribution is 0.0957. The molecule has 5 nitrogen and oxygen atoms in total. The molecule has 0 unspecified atom stereocenters. The van der Waals surface area contributed by atoms with Crippen LogP contribution in [0, 0.1) is 19.8 Å². The molecule has 0 bridgehead atoms. The fourth-order valence-corrected chi connectivity index (χ4v) is 5.13. The summed E-state index contributed by atoms with van der Waals surface area (Å²) in [6.07, 6.45) is 10.0. The lowest BCUT2D eigenvalue weighted by Crippen LogP contribution is -2.24. The van der Waals surface area contributed by atoms with E-state index in [0.29, 0.717) is 12.5 Å². The number of thiazole rings is 1. The Morgan fingerprint density at radius 2 is 2.10 bits per heavy atom. The summed E-state index contributed by atoms with van der Waals surface area (Å²) in [6, 6.07) is 6.07. The van der Waals surface area contributed by atoms with Crippen molar-refractivity contribution in [3.05, 3.63) is 59.4 Å². The summed E-state index contributed by atoms with van der Waals surface area (Å²) < 4.78 is 2.31. The van der Waals surface area contributed by atoms with Crippen molar-refractivity contribution in [1.29, 1.82) is 0 Å². The van der Waals surface area contributed by atoms with Crippen molar-refractivity contribution in [3.8, 4) is 22.0 Å². The van der Waals surface area contributed by atoms with E-state index in [2.05, 4.69) is 32.9 Å². The standard InChI is InChI=1S/C25H30N4OS/c1-4-12-26-24(30)21-13-23(29(18(21)3)15-19-8-6-5-7-9-19)22-16-31-25(28-22)20-11-10-17(2)27-14-20/h4,10-11,13-14,16,19H,1,5-9,12,15H2,2-3H3,(H,26,30). The highest BCUT2D eigenvalue weighted by molar-refractivity contribution is 7.13. The van der Waals surface area contributed by atoms with Crippen molar-refractivity contribution in [1.82, 2.24) is 19.9 Å². The van der Waals surface area contributed by atoms with Gasteiger partial charge in [0.15, 0.2) is 0 Å². The summed E-state index contributed by atoms with van der Waals surface area (Å²) in [5, 5.41) is 5.96.